The van der Waals surface area contributed by atoms with Gasteiger partial charge in [-0.3, -0.25) is 9.59 Å². The van der Waals surface area contributed by atoms with E-state index in [2.05, 4.69) is 15.9 Å². The van der Waals surface area contributed by atoms with E-state index >= 15 is 0 Å². The number of fused-ring (bicyclic) bond motifs is 1. The second-order valence-corrected chi connectivity index (χ2v) is 6.76. The summed E-state index contributed by atoms with van der Waals surface area (Å²) in [6.07, 6.45) is 3.07. The zero-order valence-electron chi connectivity index (χ0n) is 11.5. The Labute approximate surface area is 137 Å². The largest absolute Gasteiger partial charge is 0.331 e. The SMILES string of the molecule is O=C1C2CCCCN2C(=O)CCN1c1ccc(Br)cc1Cl. The highest BCUT2D eigenvalue weighted by Crippen LogP contribution is 2.32. The van der Waals surface area contributed by atoms with Gasteiger partial charge in [0.25, 0.3) is 0 Å². The van der Waals surface area contributed by atoms with E-state index in [1.54, 1.807) is 15.9 Å². The fraction of sp³-hybridized carbons (Fsp3) is 0.467. The van der Waals surface area contributed by atoms with Crippen LogP contribution in [0.2, 0.25) is 5.02 Å². The van der Waals surface area contributed by atoms with E-state index in [1.165, 1.54) is 0 Å². The summed E-state index contributed by atoms with van der Waals surface area (Å²) >= 11 is 9.64. The number of anilines is 1. The van der Waals surface area contributed by atoms with Gasteiger partial charge in [0, 0.05) is 24.0 Å². The average Bonchev–Trinajstić information content (AvgIpc) is 2.59. The lowest BCUT2D eigenvalue weighted by Crippen LogP contribution is -2.49. The van der Waals surface area contributed by atoms with Crippen molar-refractivity contribution in [2.45, 2.75) is 31.7 Å². The molecule has 2 saturated heterocycles. The summed E-state index contributed by atoms with van der Waals surface area (Å²) in [4.78, 5) is 28.5. The van der Waals surface area contributed by atoms with E-state index < -0.39 is 0 Å². The first kappa shape index (κ1) is 14.9. The first-order valence-corrected chi connectivity index (χ1v) is 8.31. The number of hydrogen-bond acceptors (Lipinski definition) is 2. The van der Waals surface area contributed by atoms with Crippen molar-refractivity contribution >= 4 is 45.0 Å². The number of halogens is 2. The molecule has 0 aromatic heterocycles. The molecule has 0 aliphatic carbocycles. The van der Waals surface area contributed by atoms with Crippen molar-refractivity contribution < 1.29 is 9.59 Å². The van der Waals surface area contributed by atoms with Crippen molar-refractivity contribution in [2.75, 3.05) is 18.0 Å². The Bertz CT molecular complexity index is 593. The average molecular weight is 372 g/mol. The van der Waals surface area contributed by atoms with Gasteiger partial charge < -0.3 is 9.80 Å². The number of hydrogen-bond donors (Lipinski definition) is 0. The highest BCUT2D eigenvalue weighted by Gasteiger charge is 2.38. The molecule has 3 rings (SSSR count). The van der Waals surface area contributed by atoms with Crippen LogP contribution in [0.3, 0.4) is 0 Å². The topological polar surface area (TPSA) is 40.6 Å². The highest BCUT2D eigenvalue weighted by atomic mass is 79.9. The van der Waals surface area contributed by atoms with Gasteiger partial charge >= 0.3 is 0 Å². The molecule has 1 unspecified atom stereocenters. The first-order chi connectivity index (χ1) is 10.1. The third kappa shape index (κ3) is 2.81. The van der Waals surface area contributed by atoms with Crippen LogP contribution in [0.15, 0.2) is 22.7 Å². The second-order valence-electron chi connectivity index (χ2n) is 5.43. The predicted molar refractivity (Wildman–Crippen MR) is 85.5 cm³/mol. The number of rotatable bonds is 1. The first-order valence-electron chi connectivity index (χ1n) is 7.14. The molecule has 0 bridgehead atoms. The van der Waals surface area contributed by atoms with Crippen molar-refractivity contribution in [3.8, 4) is 0 Å². The molecule has 0 N–H and O–H groups in total. The van der Waals surface area contributed by atoms with Crippen molar-refractivity contribution in [1.82, 2.24) is 4.90 Å². The zero-order valence-corrected chi connectivity index (χ0v) is 13.9. The summed E-state index contributed by atoms with van der Waals surface area (Å²) in [6, 6.07) is 5.14. The third-order valence-electron chi connectivity index (χ3n) is 4.12. The van der Waals surface area contributed by atoms with Crippen LogP contribution < -0.4 is 4.90 Å². The summed E-state index contributed by atoms with van der Waals surface area (Å²) in [5.41, 5.74) is 0.685. The molecule has 1 aromatic rings. The summed E-state index contributed by atoms with van der Waals surface area (Å²) in [5.74, 6) is 0.0635. The van der Waals surface area contributed by atoms with Crippen LogP contribution in [0, 0.1) is 0 Å². The van der Waals surface area contributed by atoms with Gasteiger partial charge in [-0.15, -0.1) is 0 Å². The van der Waals surface area contributed by atoms with Crippen LogP contribution in [-0.2, 0) is 9.59 Å². The zero-order chi connectivity index (χ0) is 15.0. The van der Waals surface area contributed by atoms with Gasteiger partial charge in [-0.2, -0.15) is 0 Å². The molecule has 1 aromatic carbocycles. The highest BCUT2D eigenvalue weighted by molar-refractivity contribution is 9.10. The number of nitrogens with zero attached hydrogens (tertiary/aromatic N) is 2. The smallest absolute Gasteiger partial charge is 0.249 e. The Kier molecular flexibility index (Phi) is 4.22. The summed E-state index contributed by atoms with van der Waals surface area (Å²) in [6.45, 7) is 1.09. The fourth-order valence-electron chi connectivity index (χ4n) is 3.07. The van der Waals surface area contributed by atoms with Crippen LogP contribution in [-0.4, -0.2) is 35.8 Å². The van der Waals surface area contributed by atoms with E-state index in [4.69, 9.17) is 11.6 Å². The lowest BCUT2D eigenvalue weighted by molar-refractivity contribution is -0.138. The number of amides is 2. The summed E-state index contributed by atoms with van der Waals surface area (Å²) < 4.78 is 0.869. The molecule has 6 heteroatoms. The number of carbonyl (C=O) groups excluding carboxylic acids is 2. The Morgan fingerprint density at radius 3 is 2.76 bits per heavy atom. The Balaban J connectivity index is 1.95. The molecule has 0 saturated carbocycles. The van der Waals surface area contributed by atoms with Crippen LogP contribution in [0.5, 0.6) is 0 Å². The molecule has 2 aliphatic heterocycles. The van der Waals surface area contributed by atoms with Gasteiger partial charge in [0.1, 0.15) is 6.04 Å². The van der Waals surface area contributed by atoms with Crippen molar-refractivity contribution in [3.63, 3.8) is 0 Å². The van der Waals surface area contributed by atoms with Crippen LogP contribution in [0.1, 0.15) is 25.7 Å². The Hall–Kier alpha value is -1.07. The minimum atomic E-state index is -0.325. The van der Waals surface area contributed by atoms with Gasteiger partial charge in [0.15, 0.2) is 0 Å². The van der Waals surface area contributed by atoms with E-state index in [-0.39, 0.29) is 17.9 Å². The quantitative estimate of drug-likeness (QED) is 0.760. The van der Waals surface area contributed by atoms with E-state index in [0.29, 0.717) is 30.2 Å². The standard InChI is InChI=1S/C15H16BrClN2O2/c16-10-4-5-12(11(17)9-10)19-8-6-14(20)18-7-2-1-3-13(18)15(19)21/h4-5,9,13H,1-3,6-8H2. The molecule has 2 heterocycles. The second kappa shape index (κ2) is 5.97. The van der Waals surface area contributed by atoms with Gasteiger partial charge in [-0.1, -0.05) is 27.5 Å². The minimum Gasteiger partial charge on any atom is -0.331 e. The van der Waals surface area contributed by atoms with E-state index in [9.17, 15) is 9.59 Å². The maximum atomic E-state index is 12.8. The van der Waals surface area contributed by atoms with Gasteiger partial charge in [-0.25, -0.2) is 0 Å². The number of carbonyl (C=O) groups is 2. The fourth-order valence-corrected chi connectivity index (χ4v) is 3.84. The molecule has 0 spiro atoms. The number of benzene rings is 1. The Morgan fingerprint density at radius 2 is 2.00 bits per heavy atom. The molecule has 4 nitrogen and oxygen atoms in total. The third-order valence-corrected chi connectivity index (χ3v) is 4.92. The molecule has 2 amide bonds. The van der Waals surface area contributed by atoms with Gasteiger partial charge in [0.05, 0.1) is 10.7 Å². The molecule has 21 heavy (non-hydrogen) atoms. The predicted octanol–water partition coefficient (Wildman–Crippen LogP) is 3.22. The van der Waals surface area contributed by atoms with E-state index in [1.807, 2.05) is 12.1 Å². The molecule has 2 fully saturated rings. The van der Waals surface area contributed by atoms with Gasteiger partial charge in [-0.05, 0) is 37.5 Å². The minimum absolute atomic E-state index is 0.00947. The number of piperidine rings is 1. The van der Waals surface area contributed by atoms with Crippen LogP contribution in [0.4, 0.5) is 5.69 Å². The Morgan fingerprint density at radius 1 is 1.19 bits per heavy atom. The molecule has 112 valence electrons. The van der Waals surface area contributed by atoms with Gasteiger partial charge in [0.2, 0.25) is 11.8 Å². The van der Waals surface area contributed by atoms with E-state index in [0.717, 1.165) is 23.7 Å². The monoisotopic (exact) mass is 370 g/mol. The summed E-state index contributed by atoms with van der Waals surface area (Å²) in [5, 5.41) is 0.523. The molecular formula is C15H16BrClN2O2. The molecule has 0 radical (unpaired) electrons. The molecule has 1 atom stereocenters. The van der Waals surface area contributed by atoms with Crippen molar-refractivity contribution in [2.24, 2.45) is 0 Å². The van der Waals surface area contributed by atoms with Crippen LogP contribution in [0.25, 0.3) is 0 Å². The lowest BCUT2D eigenvalue weighted by Gasteiger charge is -2.34. The summed E-state index contributed by atoms with van der Waals surface area (Å²) in [7, 11) is 0. The van der Waals surface area contributed by atoms with Crippen LogP contribution >= 0.6 is 27.5 Å². The molecular weight excluding hydrogens is 356 g/mol. The normalized spacial score (nSPS) is 23.0. The maximum absolute atomic E-state index is 12.8. The van der Waals surface area contributed by atoms with Crippen molar-refractivity contribution in [3.05, 3.63) is 27.7 Å². The maximum Gasteiger partial charge on any atom is 0.249 e. The molecule has 2 aliphatic rings. The van der Waals surface area contributed by atoms with Crippen molar-refractivity contribution in [1.29, 1.82) is 0 Å². The lowest BCUT2D eigenvalue weighted by atomic mass is 10.0.